The number of amides is 2. The zero-order chi connectivity index (χ0) is 9.68. The molecule has 1 saturated heterocycles. The van der Waals surface area contributed by atoms with Crippen LogP contribution < -0.4 is 11.1 Å². The van der Waals surface area contributed by atoms with Gasteiger partial charge in [0.05, 0.1) is 6.54 Å². The number of nitrogens with two attached hydrogens (primary N) is 1. The van der Waals surface area contributed by atoms with E-state index in [-0.39, 0.29) is 11.8 Å². The Morgan fingerprint density at radius 2 is 2.38 bits per heavy atom. The van der Waals surface area contributed by atoms with Crippen LogP contribution in [0.3, 0.4) is 0 Å². The van der Waals surface area contributed by atoms with E-state index in [1.165, 1.54) is 0 Å². The van der Waals surface area contributed by atoms with Gasteiger partial charge in [-0.2, -0.15) is 0 Å². The lowest BCUT2D eigenvalue weighted by Crippen LogP contribution is -2.35. The van der Waals surface area contributed by atoms with Gasteiger partial charge in [-0.25, -0.2) is 0 Å². The fraction of sp³-hybridized carbons (Fsp3) is 0.750. The van der Waals surface area contributed by atoms with Crippen molar-refractivity contribution in [3.8, 4) is 0 Å². The Balaban J connectivity index is 2.30. The van der Waals surface area contributed by atoms with Gasteiger partial charge in [-0.1, -0.05) is 0 Å². The summed E-state index contributed by atoms with van der Waals surface area (Å²) in [4.78, 5) is 23.5. The van der Waals surface area contributed by atoms with E-state index in [9.17, 15) is 9.59 Å². The molecule has 0 unspecified atom stereocenters. The maximum absolute atomic E-state index is 11.1. The first-order valence-corrected chi connectivity index (χ1v) is 4.46. The largest absolute Gasteiger partial charge is 0.370 e. The topological polar surface area (TPSA) is 75.4 Å². The molecule has 0 radical (unpaired) electrons. The standard InChI is InChI=1S/C8H15N3O2/c9-7(12)2-5-11-4-1-3-10-8(13)6-11/h1-6H2,(H2,9,12)(H,10,13). The fourth-order valence-electron chi connectivity index (χ4n) is 1.33. The molecule has 3 N–H and O–H groups in total. The maximum Gasteiger partial charge on any atom is 0.234 e. The summed E-state index contributed by atoms with van der Waals surface area (Å²) in [5, 5.41) is 2.77. The lowest BCUT2D eigenvalue weighted by atomic mass is 10.3. The number of nitrogens with zero attached hydrogens (tertiary/aromatic N) is 1. The molecule has 74 valence electrons. The monoisotopic (exact) mass is 185 g/mol. The van der Waals surface area contributed by atoms with Crippen molar-refractivity contribution >= 4 is 11.8 Å². The molecule has 0 bridgehead atoms. The third-order valence-electron chi connectivity index (χ3n) is 2.01. The molecule has 0 aromatic rings. The molecule has 1 aliphatic rings. The van der Waals surface area contributed by atoms with Crippen molar-refractivity contribution in [2.45, 2.75) is 12.8 Å². The first kappa shape index (κ1) is 9.98. The summed E-state index contributed by atoms with van der Waals surface area (Å²) in [6.45, 7) is 2.55. The van der Waals surface area contributed by atoms with E-state index >= 15 is 0 Å². The minimum atomic E-state index is -0.315. The minimum absolute atomic E-state index is 0.0296. The minimum Gasteiger partial charge on any atom is -0.370 e. The van der Waals surface area contributed by atoms with E-state index < -0.39 is 0 Å². The first-order valence-electron chi connectivity index (χ1n) is 4.46. The third kappa shape index (κ3) is 3.89. The number of primary amides is 1. The molecule has 0 aliphatic carbocycles. The zero-order valence-corrected chi connectivity index (χ0v) is 7.58. The predicted molar refractivity (Wildman–Crippen MR) is 47.9 cm³/mol. The highest BCUT2D eigenvalue weighted by molar-refractivity contribution is 5.78. The second kappa shape index (κ2) is 4.81. The number of hydrogen-bond donors (Lipinski definition) is 2. The summed E-state index contributed by atoms with van der Waals surface area (Å²) in [5.74, 6) is -0.286. The molecule has 5 nitrogen and oxygen atoms in total. The Bertz CT molecular complexity index is 206. The van der Waals surface area contributed by atoms with Gasteiger partial charge in [0.15, 0.2) is 0 Å². The van der Waals surface area contributed by atoms with Gasteiger partial charge in [0.1, 0.15) is 0 Å². The lowest BCUT2D eigenvalue weighted by Gasteiger charge is -2.16. The molecular weight excluding hydrogens is 170 g/mol. The summed E-state index contributed by atoms with van der Waals surface area (Å²) >= 11 is 0. The van der Waals surface area contributed by atoms with Crippen molar-refractivity contribution < 1.29 is 9.59 Å². The van der Waals surface area contributed by atoms with Crippen LogP contribution in [0, 0.1) is 0 Å². The van der Waals surface area contributed by atoms with Crippen LogP contribution in [-0.2, 0) is 9.59 Å². The van der Waals surface area contributed by atoms with Crippen molar-refractivity contribution in [1.82, 2.24) is 10.2 Å². The van der Waals surface area contributed by atoms with Crippen LogP contribution >= 0.6 is 0 Å². The highest BCUT2D eigenvalue weighted by Gasteiger charge is 2.14. The number of nitrogens with one attached hydrogen (secondary N) is 1. The fourth-order valence-corrected chi connectivity index (χ4v) is 1.33. The Morgan fingerprint density at radius 1 is 1.62 bits per heavy atom. The van der Waals surface area contributed by atoms with Crippen molar-refractivity contribution in [3.05, 3.63) is 0 Å². The predicted octanol–water partition coefficient (Wildman–Crippen LogP) is -1.32. The Hall–Kier alpha value is -1.10. The highest BCUT2D eigenvalue weighted by atomic mass is 16.2. The van der Waals surface area contributed by atoms with Gasteiger partial charge < -0.3 is 11.1 Å². The smallest absolute Gasteiger partial charge is 0.234 e. The Morgan fingerprint density at radius 3 is 3.08 bits per heavy atom. The van der Waals surface area contributed by atoms with Crippen molar-refractivity contribution in [2.75, 3.05) is 26.2 Å². The van der Waals surface area contributed by atoms with Crippen LogP contribution in [0.25, 0.3) is 0 Å². The summed E-state index contributed by atoms with van der Waals surface area (Å²) in [6, 6.07) is 0. The van der Waals surface area contributed by atoms with Gasteiger partial charge in [-0.3, -0.25) is 14.5 Å². The van der Waals surface area contributed by atoms with Crippen LogP contribution in [0.2, 0.25) is 0 Å². The van der Waals surface area contributed by atoms with Crippen LogP contribution in [0.4, 0.5) is 0 Å². The van der Waals surface area contributed by atoms with E-state index in [0.29, 0.717) is 19.5 Å². The molecule has 1 rings (SSSR count). The molecule has 0 atom stereocenters. The summed E-state index contributed by atoms with van der Waals surface area (Å²) in [7, 11) is 0. The van der Waals surface area contributed by atoms with Gasteiger partial charge in [0.2, 0.25) is 11.8 Å². The first-order chi connectivity index (χ1) is 6.18. The van der Waals surface area contributed by atoms with Gasteiger partial charge in [0.25, 0.3) is 0 Å². The molecule has 1 heterocycles. The van der Waals surface area contributed by atoms with E-state index in [2.05, 4.69) is 5.32 Å². The second-order valence-electron chi connectivity index (χ2n) is 3.20. The molecule has 0 aromatic carbocycles. The van der Waals surface area contributed by atoms with Gasteiger partial charge in [-0.05, 0) is 6.42 Å². The molecule has 0 spiro atoms. The second-order valence-corrected chi connectivity index (χ2v) is 3.20. The molecule has 2 amide bonds. The average Bonchev–Trinajstić information content (AvgIpc) is 2.26. The van der Waals surface area contributed by atoms with Crippen LogP contribution in [0.15, 0.2) is 0 Å². The molecule has 13 heavy (non-hydrogen) atoms. The molecule has 1 aliphatic heterocycles. The Labute approximate surface area is 77.3 Å². The van der Waals surface area contributed by atoms with Crippen molar-refractivity contribution in [3.63, 3.8) is 0 Å². The molecule has 0 aromatic heterocycles. The maximum atomic E-state index is 11.1. The summed E-state index contributed by atoms with van der Waals surface area (Å²) in [6.07, 6.45) is 1.26. The molecule has 5 heteroatoms. The Kier molecular flexibility index (Phi) is 3.70. The van der Waals surface area contributed by atoms with E-state index in [1.807, 2.05) is 4.90 Å². The third-order valence-corrected chi connectivity index (χ3v) is 2.01. The summed E-state index contributed by atoms with van der Waals surface area (Å²) in [5.41, 5.74) is 5.02. The van der Waals surface area contributed by atoms with Gasteiger partial charge in [-0.15, -0.1) is 0 Å². The van der Waals surface area contributed by atoms with Gasteiger partial charge in [0, 0.05) is 26.1 Å². The SMILES string of the molecule is NC(=O)CCN1CCCNC(=O)C1. The van der Waals surface area contributed by atoms with Crippen LogP contribution in [0.1, 0.15) is 12.8 Å². The summed E-state index contributed by atoms with van der Waals surface area (Å²) < 4.78 is 0. The quantitative estimate of drug-likeness (QED) is 0.573. The van der Waals surface area contributed by atoms with E-state index in [4.69, 9.17) is 5.73 Å². The molecule has 0 saturated carbocycles. The van der Waals surface area contributed by atoms with E-state index in [1.54, 1.807) is 0 Å². The number of hydrogen-bond acceptors (Lipinski definition) is 3. The average molecular weight is 185 g/mol. The van der Waals surface area contributed by atoms with Crippen molar-refractivity contribution in [1.29, 1.82) is 0 Å². The van der Waals surface area contributed by atoms with Crippen LogP contribution in [-0.4, -0.2) is 42.9 Å². The van der Waals surface area contributed by atoms with Crippen LogP contribution in [0.5, 0.6) is 0 Å². The zero-order valence-electron chi connectivity index (χ0n) is 7.58. The van der Waals surface area contributed by atoms with E-state index in [0.717, 1.165) is 19.5 Å². The number of rotatable bonds is 3. The van der Waals surface area contributed by atoms with Crippen molar-refractivity contribution in [2.24, 2.45) is 5.73 Å². The number of carbonyl (C=O) groups excluding carboxylic acids is 2. The lowest BCUT2D eigenvalue weighted by molar-refractivity contribution is -0.122. The molecule has 1 fully saturated rings. The molecular formula is C8H15N3O2. The highest BCUT2D eigenvalue weighted by Crippen LogP contribution is 1.97. The van der Waals surface area contributed by atoms with Gasteiger partial charge >= 0.3 is 0 Å². The number of carbonyl (C=O) groups is 2. The normalized spacial score (nSPS) is 19.2.